The molecule has 366 valence electrons. The molecule has 2 atom stereocenters. The Morgan fingerprint density at radius 1 is 0.379 bits per heavy atom. The van der Waals surface area contributed by atoms with E-state index in [1.165, 1.54) is 25.7 Å². The second-order valence-corrected chi connectivity index (χ2v) is 16.5. The third-order valence-electron chi connectivity index (χ3n) is 10.4. The molecule has 0 aromatic heterocycles. The Kier molecular flexibility index (Phi) is 51.1. The van der Waals surface area contributed by atoms with Crippen molar-refractivity contribution in [1.82, 2.24) is 5.32 Å². The summed E-state index contributed by atoms with van der Waals surface area (Å²) >= 11 is 0. The van der Waals surface area contributed by atoms with Crippen LogP contribution < -0.4 is 5.32 Å². The molecule has 0 aliphatic carbocycles. The van der Waals surface area contributed by atoms with Crippen molar-refractivity contribution in [3.8, 4) is 0 Å². The predicted octanol–water partition coefficient (Wildman–Crippen LogP) is 17.3. The van der Waals surface area contributed by atoms with Gasteiger partial charge in [0.2, 0.25) is 5.91 Å². The lowest BCUT2D eigenvalue weighted by Gasteiger charge is -2.19. The maximum absolute atomic E-state index is 12.4. The summed E-state index contributed by atoms with van der Waals surface area (Å²) in [6.45, 7) is 4.11. The zero-order chi connectivity index (χ0) is 47.7. The van der Waals surface area contributed by atoms with Crippen molar-refractivity contribution in [2.75, 3.05) is 6.61 Å². The molecule has 4 nitrogen and oxygen atoms in total. The summed E-state index contributed by atoms with van der Waals surface area (Å²) in [7, 11) is 0. The molecule has 0 aromatic carbocycles. The number of carbonyl (C=O) groups excluding carboxylic acids is 1. The molecule has 0 aliphatic rings. The van der Waals surface area contributed by atoms with Crippen LogP contribution >= 0.6 is 0 Å². The van der Waals surface area contributed by atoms with E-state index < -0.39 is 12.1 Å². The number of unbranched alkanes of at least 4 members (excludes halogenated alkanes) is 9. The van der Waals surface area contributed by atoms with E-state index >= 15 is 0 Å². The Morgan fingerprint density at radius 2 is 0.682 bits per heavy atom. The van der Waals surface area contributed by atoms with E-state index in [-0.39, 0.29) is 12.5 Å². The minimum absolute atomic E-state index is 0.113. The Morgan fingerprint density at radius 3 is 1.05 bits per heavy atom. The van der Waals surface area contributed by atoms with Gasteiger partial charge in [-0.1, -0.05) is 222 Å². The number of hydrogen-bond acceptors (Lipinski definition) is 3. The summed E-state index contributed by atoms with van der Waals surface area (Å²) in [6, 6.07) is -0.672. The van der Waals surface area contributed by atoms with Gasteiger partial charge >= 0.3 is 0 Å². The molecule has 0 saturated carbocycles. The number of hydrogen-bond donors (Lipinski definition) is 3. The lowest BCUT2D eigenvalue weighted by molar-refractivity contribution is -0.123. The van der Waals surface area contributed by atoms with Crippen LogP contribution in [0.2, 0.25) is 0 Å². The Bertz CT molecular complexity index is 1540. The van der Waals surface area contributed by atoms with E-state index in [2.05, 4.69) is 189 Å². The van der Waals surface area contributed by atoms with Crippen LogP contribution in [0.25, 0.3) is 0 Å². The highest BCUT2D eigenvalue weighted by Crippen LogP contribution is 2.08. The molecule has 0 aromatic rings. The first-order valence-corrected chi connectivity index (χ1v) is 26.0. The van der Waals surface area contributed by atoms with Crippen molar-refractivity contribution < 1.29 is 15.0 Å². The molecule has 0 saturated heterocycles. The largest absolute Gasteiger partial charge is 0.394 e. The fourth-order valence-corrected chi connectivity index (χ4v) is 6.42. The van der Waals surface area contributed by atoms with Crippen molar-refractivity contribution in [3.63, 3.8) is 0 Å². The Labute approximate surface area is 406 Å². The van der Waals surface area contributed by atoms with Crippen LogP contribution in [-0.2, 0) is 4.79 Å². The van der Waals surface area contributed by atoms with Gasteiger partial charge in [0.05, 0.1) is 18.8 Å². The number of aliphatic hydroxyl groups excluding tert-OH is 2. The van der Waals surface area contributed by atoms with Crippen molar-refractivity contribution in [2.24, 2.45) is 0 Å². The molecular formula is C62H95NO3. The molecule has 0 heterocycles. The summed E-state index contributed by atoms with van der Waals surface area (Å²) in [5.41, 5.74) is 0. The van der Waals surface area contributed by atoms with E-state index in [4.69, 9.17) is 0 Å². The number of carbonyl (C=O) groups is 1. The van der Waals surface area contributed by atoms with E-state index in [1.807, 2.05) is 6.08 Å². The monoisotopic (exact) mass is 902 g/mol. The number of amides is 1. The quantitative estimate of drug-likeness (QED) is 0.0421. The smallest absolute Gasteiger partial charge is 0.220 e. The van der Waals surface area contributed by atoms with Crippen LogP contribution in [0.1, 0.15) is 181 Å². The average Bonchev–Trinajstić information content (AvgIpc) is 3.32. The maximum Gasteiger partial charge on any atom is 0.220 e. The van der Waals surface area contributed by atoms with Crippen molar-refractivity contribution in [1.29, 1.82) is 0 Å². The van der Waals surface area contributed by atoms with Gasteiger partial charge in [0.15, 0.2) is 0 Å². The van der Waals surface area contributed by atoms with Gasteiger partial charge in [-0.05, 0) is 135 Å². The third-order valence-corrected chi connectivity index (χ3v) is 10.4. The summed E-state index contributed by atoms with van der Waals surface area (Å²) in [5.74, 6) is -0.113. The normalized spacial score (nSPS) is 14.4. The molecule has 0 fully saturated rings. The molecule has 0 spiro atoms. The van der Waals surface area contributed by atoms with Crippen LogP contribution in [-0.4, -0.2) is 34.9 Å². The van der Waals surface area contributed by atoms with Crippen molar-refractivity contribution in [3.05, 3.63) is 182 Å². The molecule has 0 aliphatic heterocycles. The molecule has 2 unspecified atom stereocenters. The standard InChI is InChI=1S/C62H95NO3/c1-3-5-7-9-11-13-15-17-18-19-20-21-22-23-24-25-26-27-28-29-30-31-32-33-34-35-36-37-38-39-40-41-42-43-44-46-48-50-52-54-56-58-62(66)63-60(59-64)61(65)57-55-53-51-49-47-45-16-14-12-10-8-6-4-2/h5,7,11-14,17-18,20-21,23-24,26-27,29-30,32-33,35-36,38-39,41-42,44,46-47,49,55,57,60-61,64-65H,3-4,6,8-10,15-16,19,22,25,28,31,34,37,40,43,45,48,50-54,56,58-59H2,1-2H3,(H,63,66)/b7-5-,13-11-,14-12+,18-17-,21-20-,24-23-,27-26-,30-29-,33-32-,36-35-,39-38-,42-41-,46-44-,49-47+,57-55+. The topological polar surface area (TPSA) is 69.6 Å². The first-order valence-electron chi connectivity index (χ1n) is 26.0. The number of rotatable bonds is 44. The second kappa shape index (κ2) is 54.8. The zero-order valence-corrected chi connectivity index (χ0v) is 41.9. The van der Waals surface area contributed by atoms with Gasteiger partial charge in [0, 0.05) is 6.42 Å². The minimum Gasteiger partial charge on any atom is -0.394 e. The fourth-order valence-electron chi connectivity index (χ4n) is 6.42. The van der Waals surface area contributed by atoms with Crippen LogP contribution in [0.4, 0.5) is 0 Å². The zero-order valence-electron chi connectivity index (χ0n) is 41.9. The van der Waals surface area contributed by atoms with E-state index in [0.29, 0.717) is 6.42 Å². The Hall–Kier alpha value is -4.51. The molecule has 0 bridgehead atoms. The average molecular weight is 902 g/mol. The van der Waals surface area contributed by atoms with Gasteiger partial charge < -0.3 is 15.5 Å². The van der Waals surface area contributed by atoms with Gasteiger partial charge in [-0.15, -0.1) is 0 Å². The van der Waals surface area contributed by atoms with Crippen molar-refractivity contribution >= 4 is 5.91 Å². The summed E-state index contributed by atoms with van der Waals surface area (Å²) in [4.78, 5) is 12.4. The van der Waals surface area contributed by atoms with Gasteiger partial charge in [0.1, 0.15) is 0 Å². The molecule has 4 heteroatoms. The number of allylic oxidation sites excluding steroid dienone is 29. The molecular weight excluding hydrogens is 807 g/mol. The molecule has 0 radical (unpaired) electrons. The third kappa shape index (κ3) is 50.5. The molecule has 1 amide bonds. The minimum atomic E-state index is -0.893. The van der Waals surface area contributed by atoms with E-state index in [9.17, 15) is 15.0 Å². The first kappa shape index (κ1) is 61.5. The molecule has 66 heavy (non-hydrogen) atoms. The van der Waals surface area contributed by atoms with Crippen LogP contribution in [0.5, 0.6) is 0 Å². The fraction of sp³-hybridized carbons (Fsp3) is 0.500. The predicted molar refractivity (Wildman–Crippen MR) is 294 cm³/mol. The number of aliphatic hydroxyl groups is 2. The first-order chi connectivity index (χ1) is 32.7. The van der Waals surface area contributed by atoms with E-state index in [0.717, 1.165) is 135 Å². The van der Waals surface area contributed by atoms with Crippen LogP contribution in [0.3, 0.4) is 0 Å². The van der Waals surface area contributed by atoms with Crippen LogP contribution in [0.15, 0.2) is 182 Å². The highest BCUT2D eigenvalue weighted by atomic mass is 16.3. The Balaban J connectivity index is 3.76. The SMILES string of the molecule is CC/C=C\C/C=C\C/C=C\C/C=C\C/C=C\C/C=C\C/C=C\C/C=C\C/C=C\C/C=C\C/C=C\C/C=C\CCCCCCC(=O)NC(CO)C(O)/C=C/CC/C=C/CC/C=C/CCCCC. The van der Waals surface area contributed by atoms with Gasteiger partial charge in [-0.25, -0.2) is 0 Å². The summed E-state index contributed by atoms with van der Waals surface area (Å²) < 4.78 is 0. The lowest BCUT2D eigenvalue weighted by Crippen LogP contribution is -2.45. The summed E-state index contributed by atoms with van der Waals surface area (Å²) in [5, 5.41) is 22.9. The maximum atomic E-state index is 12.4. The van der Waals surface area contributed by atoms with Gasteiger partial charge in [0.25, 0.3) is 0 Å². The molecule has 3 N–H and O–H groups in total. The van der Waals surface area contributed by atoms with Crippen LogP contribution in [0, 0.1) is 0 Å². The van der Waals surface area contributed by atoms with Gasteiger partial charge in [-0.2, -0.15) is 0 Å². The summed E-state index contributed by atoms with van der Waals surface area (Å²) in [6.07, 6.45) is 91.7. The van der Waals surface area contributed by atoms with Crippen molar-refractivity contribution in [2.45, 2.75) is 193 Å². The van der Waals surface area contributed by atoms with Gasteiger partial charge in [-0.3, -0.25) is 4.79 Å². The highest BCUT2D eigenvalue weighted by molar-refractivity contribution is 5.76. The van der Waals surface area contributed by atoms with E-state index in [1.54, 1.807) is 6.08 Å². The lowest BCUT2D eigenvalue weighted by atomic mass is 10.1. The number of nitrogens with one attached hydrogen (secondary N) is 1. The molecule has 0 rings (SSSR count). The second-order valence-electron chi connectivity index (χ2n) is 16.5. The highest BCUT2D eigenvalue weighted by Gasteiger charge is 2.17.